The smallest absolute Gasteiger partial charge is 0.268 e. The minimum absolute atomic E-state index is 0.0278. The van der Waals surface area contributed by atoms with Crippen molar-refractivity contribution >= 4 is 17.9 Å². The third-order valence-corrected chi connectivity index (χ3v) is 3.14. The number of benzene rings is 1. The highest BCUT2D eigenvalue weighted by Crippen LogP contribution is 2.10. The molecule has 0 bridgehead atoms. The van der Waals surface area contributed by atoms with Gasteiger partial charge >= 0.3 is 0 Å². The van der Waals surface area contributed by atoms with E-state index in [0.29, 0.717) is 0 Å². The molecule has 2 heterocycles. The van der Waals surface area contributed by atoms with Crippen LogP contribution < -0.4 is 10.6 Å². The van der Waals surface area contributed by atoms with E-state index in [0.717, 1.165) is 17.7 Å². The molecule has 3 rings (SSSR count). The zero-order valence-electron chi connectivity index (χ0n) is 11.2. The molecule has 0 saturated carbocycles. The highest BCUT2D eigenvalue weighted by atomic mass is 16.2. The van der Waals surface area contributed by atoms with E-state index in [2.05, 4.69) is 15.6 Å². The van der Waals surface area contributed by atoms with Crippen molar-refractivity contribution in [3.8, 4) is 0 Å². The van der Waals surface area contributed by atoms with E-state index in [-0.39, 0.29) is 24.1 Å². The molecule has 2 amide bonds. The van der Waals surface area contributed by atoms with E-state index >= 15 is 0 Å². The largest absolute Gasteiger partial charge is 0.342 e. The Kier molecular flexibility index (Phi) is 3.51. The van der Waals surface area contributed by atoms with Crippen LogP contribution in [-0.4, -0.2) is 27.9 Å². The average Bonchev–Trinajstić information content (AvgIpc) is 2.98. The molecule has 0 radical (unpaired) electrons. The van der Waals surface area contributed by atoms with Crippen LogP contribution in [0.5, 0.6) is 0 Å². The zero-order valence-corrected chi connectivity index (χ0v) is 11.2. The second-order valence-electron chi connectivity index (χ2n) is 4.77. The molecule has 1 aromatic carbocycles. The van der Waals surface area contributed by atoms with Crippen LogP contribution in [0.4, 0.5) is 0 Å². The number of rotatable bonds is 3. The SMILES string of the molecule is O=C1CNC(=O)C(=Cc2ccc(Cn3ccnc3)cc2)N1. The molecule has 21 heavy (non-hydrogen) atoms. The monoisotopic (exact) mass is 282 g/mol. The molecule has 1 aliphatic heterocycles. The Morgan fingerprint density at radius 3 is 2.76 bits per heavy atom. The van der Waals surface area contributed by atoms with Crippen LogP contribution in [0.25, 0.3) is 6.08 Å². The van der Waals surface area contributed by atoms with Crippen LogP contribution in [-0.2, 0) is 16.1 Å². The van der Waals surface area contributed by atoms with Gasteiger partial charge < -0.3 is 15.2 Å². The fraction of sp³-hybridized carbons (Fsp3) is 0.133. The van der Waals surface area contributed by atoms with Crippen molar-refractivity contribution in [1.82, 2.24) is 20.2 Å². The molecule has 0 aliphatic carbocycles. The highest BCUT2D eigenvalue weighted by molar-refractivity contribution is 6.05. The Hall–Kier alpha value is -2.89. The van der Waals surface area contributed by atoms with E-state index in [1.54, 1.807) is 18.6 Å². The molecule has 106 valence electrons. The van der Waals surface area contributed by atoms with E-state index in [4.69, 9.17) is 0 Å². The maximum atomic E-state index is 11.6. The predicted octanol–water partition coefficient (Wildman–Crippen LogP) is 0.518. The van der Waals surface area contributed by atoms with Gasteiger partial charge in [0.2, 0.25) is 5.91 Å². The molecule has 1 aromatic heterocycles. The summed E-state index contributed by atoms with van der Waals surface area (Å²) in [6.45, 7) is 0.772. The van der Waals surface area contributed by atoms with E-state index in [1.807, 2.05) is 35.0 Å². The number of piperazine rings is 1. The second-order valence-corrected chi connectivity index (χ2v) is 4.77. The topological polar surface area (TPSA) is 76.0 Å². The predicted molar refractivity (Wildman–Crippen MR) is 76.9 cm³/mol. The third-order valence-electron chi connectivity index (χ3n) is 3.14. The van der Waals surface area contributed by atoms with Gasteiger partial charge in [-0.1, -0.05) is 24.3 Å². The van der Waals surface area contributed by atoms with Crippen LogP contribution in [0.15, 0.2) is 48.7 Å². The zero-order chi connectivity index (χ0) is 14.7. The summed E-state index contributed by atoms with van der Waals surface area (Å²) in [5, 5.41) is 5.08. The number of imidazole rings is 1. The fourth-order valence-corrected chi connectivity index (χ4v) is 2.09. The normalized spacial score (nSPS) is 16.7. The summed E-state index contributed by atoms with van der Waals surface area (Å²) in [6, 6.07) is 7.78. The van der Waals surface area contributed by atoms with Gasteiger partial charge in [-0.15, -0.1) is 0 Å². The Morgan fingerprint density at radius 1 is 1.24 bits per heavy atom. The van der Waals surface area contributed by atoms with Crippen molar-refractivity contribution in [2.24, 2.45) is 0 Å². The Balaban J connectivity index is 1.74. The molecule has 0 spiro atoms. The van der Waals surface area contributed by atoms with Crippen molar-refractivity contribution < 1.29 is 9.59 Å². The Labute approximate surface area is 121 Å². The van der Waals surface area contributed by atoms with E-state index in [9.17, 15) is 9.59 Å². The van der Waals surface area contributed by atoms with Crippen LogP contribution in [0.1, 0.15) is 11.1 Å². The summed E-state index contributed by atoms with van der Waals surface area (Å²) in [4.78, 5) is 26.9. The summed E-state index contributed by atoms with van der Waals surface area (Å²) in [7, 11) is 0. The van der Waals surface area contributed by atoms with Crippen LogP contribution in [0.3, 0.4) is 0 Å². The minimum atomic E-state index is -0.267. The third kappa shape index (κ3) is 3.17. The van der Waals surface area contributed by atoms with Gasteiger partial charge in [0.1, 0.15) is 5.70 Å². The first-order valence-corrected chi connectivity index (χ1v) is 6.55. The molecular formula is C15H14N4O2. The lowest BCUT2D eigenvalue weighted by Crippen LogP contribution is -2.46. The van der Waals surface area contributed by atoms with Crippen molar-refractivity contribution in [1.29, 1.82) is 0 Å². The summed E-state index contributed by atoms with van der Waals surface area (Å²) in [6.07, 6.45) is 7.06. The van der Waals surface area contributed by atoms with Crippen molar-refractivity contribution in [3.63, 3.8) is 0 Å². The molecule has 0 atom stereocenters. The summed E-state index contributed by atoms with van der Waals surface area (Å²) in [5.74, 6) is -0.477. The van der Waals surface area contributed by atoms with Crippen LogP contribution >= 0.6 is 0 Å². The molecule has 0 unspecified atom stereocenters. The molecular weight excluding hydrogens is 268 g/mol. The summed E-state index contributed by atoms with van der Waals surface area (Å²) in [5.41, 5.74) is 2.26. The number of amides is 2. The van der Waals surface area contributed by atoms with Crippen molar-refractivity contribution in [2.45, 2.75) is 6.54 Å². The maximum Gasteiger partial charge on any atom is 0.268 e. The fourth-order valence-electron chi connectivity index (χ4n) is 2.09. The second kappa shape index (κ2) is 5.62. The number of nitrogens with zero attached hydrogens (tertiary/aromatic N) is 2. The highest BCUT2D eigenvalue weighted by Gasteiger charge is 2.18. The van der Waals surface area contributed by atoms with Gasteiger partial charge in [-0.05, 0) is 17.2 Å². The van der Waals surface area contributed by atoms with Gasteiger partial charge in [-0.3, -0.25) is 9.59 Å². The molecule has 2 N–H and O–H groups in total. The lowest BCUT2D eigenvalue weighted by atomic mass is 10.1. The number of hydrogen-bond acceptors (Lipinski definition) is 3. The first-order chi connectivity index (χ1) is 10.2. The molecule has 2 aromatic rings. The number of carbonyl (C=O) groups is 2. The lowest BCUT2D eigenvalue weighted by Gasteiger charge is -2.15. The quantitative estimate of drug-likeness (QED) is 0.806. The molecule has 6 heteroatoms. The summed E-state index contributed by atoms with van der Waals surface area (Å²) >= 11 is 0. The summed E-state index contributed by atoms with van der Waals surface area (Å²) < 4.78 is 1.97. The van der Waals surface area contributed by atoms with Gasteiger partial charge in [0.05, 0.1) is 12.9 Å². The van der Waals surface area contributed by atoms with Crippen LogP contribution in [0, 0.1) is 0 Å². The minimum Gasteiger partial charge on any atom is -0.342 e. The van der Waals surface area contributed by atoms with Gasteiger partial charge in [0.25, 0.3) is 5.91 Å². The van der Waals surface area contributed by atoms with Gasteiger partial charge in [0, 0.05) is 18.9 Å². The standard InChI is InChI=1S/C15H14N4O2/c20-14-8-17-15(21)13(18-14)7-11-1-3-12(4-2-11)9-19-6-5-16-10-19/h1-7,10H,8-9H2,(H,17,21)(H,18,20). The molecule has 1 fully saturated rings. The Morgan fingerprint density at radius 2 is 2.05 bits per heavy atom. The lowest BCUT2D eigenvalue weighted by molar-refractivity contribution is -0.127. The van der Waals surface area contributed by atoms with Gasteiger partial charge in [-0.2, -0.15) is 0 Å². The number of nitrogens with one attached hydrogen (secondary N) is 2. The first-order valence-electron chi connectivity index (χ1n) is 6.55. The number of carbonyl (C=O) groups excluding carboxylic acids is 2. The van der Waals surface area contributed by atoms with Crippen molar-refractivity contribution in [2.75, 3.05) is 6.54 Å². The molecule has 1 aliphatic rings. The number of aromatic nitrogens is 2. The van der Waals surface area contributed by atoms with Gasteiger partial charge in [-0.25, -0.2) is 4.98 Å². The average molecular weight is 282 g/mol. The molecule has 6 nitrogen and oxygen atoms in total. The van der Waals surface area contributed by atoms with E-state index in [1.165, 1.54) is 0 Å². The van der Waals surface area contributed by atoms with Crippen LogP contribution in [0.2, 0.25) is 0 Å². The van der Waals surface area contributed by atoms with Gasteiger partial charge in [0.15, 0.2) is 0 Å². The maximum absolute atomic E-state index is 11.6. The Bertz CT molecular complexity index is 687. The first kappa shape index (κ1) is 13.1. The van der Waals surface area contributed by atoms with Crippen molar-refractivity contribution in [3.05, 3.63) is 59.8 Å². The molecule has 1 saturated heterocycles. The number of hydrogen-bond donors (Lipinski definition) is 2. The van der Waals surface area contributed by atoms with E-state index < -0.39 is 0 Å².